The third kappa shape index (κ3) is 5.46. The number of hydrogen-bond acceptors (Lipinski definition) is 4. The van der Waals surface area contributed by atoms with Crippen LogP contribution in [0.25, 0.3) is 0 Å². The maximum Gasteiger partial charge on any atom is 0.0798 e. The lowest BCUT2D eigenvalue weighted by Crippen LogP contribution is -2.37. The molecule has 0 radical (unpaired) electrons. The topological polar surface area (TPSA) is 28.2 Å². The Kier molecular flexibility index (Phi) is 7.47. The van der Waals surface area contributed by atoms with Crippen molar-refractivity contribution in [3.63, 3.8) is 0 Å². The lowest BCUT2D eigenvalue weighted by Gasteiger charge is -2.24. The van der Waals surface area contributed by atoms with Gasteiger partial charge in [0.2, 0.25) is 0 Å². The second-order valence-corrected chi connectivity index (χ2v) is 5.98. The average molecular weight is 269 g/mol. The number of nitrogens with one attached hydrogen (secondary N) is 1. The summed E-state index contributed by atoms with van der Waals surface area (Å²) in [5, 5.41) is 3.54. The Labute approximate surface area is 116 Å². The maximum atomic E-state index is 4.30. The summed E-state index contributed by atoms with van der Waals surface area (Å²) in [4.78, 5) is 8.08. The molecule has 0 aliphatic rings. The molecule has 0 saturated carbocycles. The first kappa shape index (κ1) is 15.6. The van der Waals surface area contributed by atoms with Crippen LogP contribution in [0, 0.1) is 6.92 Å². The molecule has 3 nitrogen and oxygen atoms in total. The Morgan fingerprint density at radius 1 is 1.44 bits per heavy atom. The Morgan fingerprint density at radius 2 is 2.22 bits per heavy atom. The molecule has 18 heavy (non-hydrogen) atoms. The minimum atomic E-state index is 0.563. The van der Waals surface area contributed by atoms with E-state index in [-0.39, 0.29) is 0 Å². The molecule has 0 fully saturated rings. The summed E-state index contributed by atoms with van der Waals surface area (Å²) in [6.07, 6.45) is 3.92. The van der Waals surface area contributed by atoms with Crippen molar-refractivity contribution in [3.05, 3.63) is 16.1 Å². The molecule has 1 N–H and O–H groups in total. The monoisotopic (exact) mass is 269 g/mol. The van der Waals surface area contributed by atoms with Gasteiger partial charge in [-0.2, -0.15) is 0 Å². The van der Waals surface area contributed by atoms with E-state index in [9.17, 15) is 0 Å². The van der Waals surface area contributed by atoms with E-state index in [4.69, 9.17) is 0 Å². The molecule has 1 aromatic rings. The average Bonchev–Trinajstić information content (AvgIpc) is 2.74. The van der Waals surface area contributed by atoms with Crippen molar-refractivity contribution in [2.24, 2.45) is 0 Å². The summed E-state index contributed by atoms with van der Waals surface area (Å²) in [7, 11) is 2.19. The lowest BCUT2D eigenvalue weighted by molar-refractivity contribution is 0.244. The largest absolute Gasteiger partial charge is 0.315 e. The highest BCUT2D eigenvalue weighted by molar-refractivity contribution is 7.09. The van der Waals surface area contributed by atoms with Gasteiger partial charge in [-0.15, -0.1) is 11.3 Å². The molecule has 0 aliphatic heterocycles. The van der Waals surface area contributed by atoms with Crippen LogP contribution in [0.5, 0.6) is 0 Å². The molecule has 0 saturated heterocycles. The van der Waals surface area contributed by atoms with E-state index in [1.807, 2.05) is 5.51 Å². The summed E-state index contributed by atoms with van der Waals surface area (Å²) in [6, 6.07) is 0.563. The van der Waals surface area contributed by atoms with Gasteiger partial charge in [0, 0.05) is 24.0 Å². The Hall–Kier alpha value is -0.450. The molecule has 0 spiro atoms. The molecule has 1 atom stereocenters. The molecule has 0 aliphatic carbocycles. The summed E-state index contributed by atoms with van der Waals surface area (Å²) in [5.74, 6) is 0. The Morgan fingerprint density at radius 3 is 2.83 bits per heavy atom. The van der Waals surface area contributed by atoms with Crippen LogP contribution in [-0.4, -0.2) is 36.1 Å². The van der Waals surface area contributed by atoms with Crippen LogP contribution in [0.1, 0.15) is 43.7 Å². The molecular weight excluding hydrogens is 242 g/mol. The zero-order chi connectivity index (χ0) is 13.4. The summed E-state index contributed by atoms with van der Waals surface area (Å²) >= 11 is 1.76. The molecule has 1 rings (SSSR count). The first-order valence-electron chi connectivity index (χ1n) is 6.95. The number of aromatic nitrogens is 1. The standard InChI is InChI=1S/C14H27N3S/c1-5-6-7-8-15-9-12(2)17(4)10-14-13(3)16-11-18-14/h11-12,15H,5-10H2,1-4H3. The number of hydrogen-bond donors (Lipinski definition) is 1. The highest BCUT2D eigenvalue weighted by Crippen LogP contribution is 2.15. The van der Waals surface area contributed by atoms with Crippen LogP contribution in [0.2, 0.25) is 0 Å². The van der Waals surface area contributed by atoms with Crippen molar-refractivity contribution in [1.29, 1.82) is 0 Å². The van der Waals surface area contributed by atoms with Crippen LogP contribution >= 0.6 is 11.3 Å². The van der Waals surface area contributed by atoms with Crippen molar-refractivity contribution in [2.45, 2.75) is 52.6 Å². The molecule has 0 bridgehead atoms. The number of rotatable bonds is 9. The maximum absolute atomic E-state index is 4.30. The van der Waals surface area contributed by atoms with E-state index in [0.29, 0.717) is 6.04 Å². The van der Waals surface area contributed by atoms with Crippen LogP contribution in [0.15, 0.2) is 5.51 Å². The zero-order valence-electron chi connectivity index (χ0n) is 12.2. The first-order chi connectivity index (χ1) is 8.65. The fourth-order valence-corrected chi connectivity index (χ4v) is 2.67. The lowest BCUT2D eigenvalue weighted by atomic mass is 10.2. The van der Waals surface area contributed by atoms with Crippen molar-refractivity contribution in [2.75, 3.05) is 20.1 Å². The number of aryl methyl sites for hydroxylation is 1. The highest BCUT2D eigenvalue weighted by atomic mass is 32.1. The first-order valence-corrected chi connectivity index (χ1v) is 7.83. The van der Waals surface area contributed by atoms with E-state index in [0.717, 1.165) is 19.6 Å². The molecule has 1 unspecified atom stereocenters. The quantitative estimate of drug-likeness (QED) is 0.698. The molecule has 1 heterocycles. The van der Waals surface area contributed by atoms with Gasteiger partial charge in [-0.05, 0) is 33.9 Å². The number of unbranched alkanes of at least 4 members (excludes halogenated alkanes) is 2. The van der Waals surface area contributed by atoms with E-state index < -0.39 is 0 Å². The van der Waals surface area contributed by atoms with Crippen molar-refractivity contribution in [3.8, 4) is 0 Å². The van der Waals surface area contributed by atoms with Crippen LogP contribution < -0.4 is 5.32 Å². The van der Waals surface area contributed by atoms with E-state index in [1.54, 1.807) is 11.3 Å². The Balaban J connectivity index is 2.20. The van der Waals surface area contributed by atoms with Crippen molar-refractivity contribution < 1.29 is 0 Å². The van der Waals surface area contributed by atoms with Gasteiger partial charge >= 0.3 is 0 Å². The smallest absolute Gasteiger partial charge is 0.0798 e. The minimum Gasteiger partial charge on any atom is -0.315 e. The van der Waals surface area contributed by atoms with E-state index >= 15 is 0 Å². The molecule has 104 valence electrons. The van der Waals surface area contributed by atoms with Gasteiger partial charge in [-0.25, -0.2) is 4.98 Å². The summed E-state index contributed by atoms with van der Waals surface area (Å²) in [6.45, 7) is 9.84. The zero-order valence-corrected chi connectivity index (χ0v) is 13.0. The number of thiazole rings is 1. The number of likely N-dealkylation sites (N-methyl/N-ethyl adjacent to an activating group) is 1. The van der Waals surface area contributed by atoms with Crippen LogP contribution in [0.3, 0.4) is 0 Å². The summed E-state index contributed by atoms with van der Waals surface area (Å²) < 4.78 is 0. The van der Waals surface area contributed by atoms with Crippen molar-refractivity contribution >= 4 is 11.3 Å². The minimum absolute atomic E-state index is 0.563. The fraction of sp³-hybridized carbons (Fsp3) is 0.786. The van der Waals surface area contributed by atoms with Gasteiger partial charge in [-0.1, -0.05) is 19.8 Å². The van der Waals surface area contributed by atoms with Gasteiger partial charge in [0.05, 0.1) is 11.2 Å². The molecule has 0 amide bonds. The van der Waals surface area contributed by atoms with Gasteiger partial charge < -0.3 is 5.32 Å². The van der Waals surface area contributed by atoms with E-state index in [2.05, 4.69) is 43.0 Å². The fourth-order valence-electron chi connectivity index (χ4n) is 1.83. The van der Waals surface area contributed by atoms with Gasteiger partial charge in [0.1, 0.15) is 0 Å². The third-order valence-electron chi connectivity index (χ3n) is 3.39. The second kappa shape index (κ2) is 8.62. The predicted octanol–water partition coefficient (Wildman–Crippen LogP) is 3.05. The summed E-state index contributed by atoms with van der Waals surface area (Å²) in [5.41, 5.74) is 3.11. The third-order valence-corrected chi connectivity index (χ3v) is 4.31. The number of nitrogens with zero attached hydrogens (tertiary/aromatic N) is 2. The van der Waals surface area contributed by atoms with E-state index in [1.165, 1.54) is 29.8 Å². The van der Waals surface area contributed by atoms with Crippen LogP contribution in [-0.2, 0) is 6.54 Å². The molecule has 4 heteroatoms. The second-order valence-electron chi connectivity index (χ2n) is 5.04. The normalized spacial score (nSPS) is 13.2. The molecule has 1 aromatic heterocycles. The Bertz CT molecular complexity index is 325. The van der Waals surface area contributed by atoms with Crippen molar-refractivity contribution in [1.82, 2.24) is 15.2 Å². The predicted molar refractivity (Wildman–Crippen MR) is 80.2 cm³/mol. The van der Waals surface area contributed by atoms with Gasteiger partial charge in [-0.3, -0.25) is 4.90 Å². The SMILES string of the molecule is CCCCCNCC(C)N(C)Cc1scnc1C. The molecular formula is C14H27N3S. The van der Waals surface area contributed by atoms with Crippen LogP contribution in [0.4, 0.5) is 0 Å². The van der Waals surface area contributed by atoms with Gasteiger partial charge in [0.15, 0.2) is 0 Å². The highest BCUT2D eigenvalue weighted by Gasteiger charge is 2.11. The van der Waals surface area contributed by atoms with Gasteiger partial charge in [0.25, 0.3) is 0 Å². The molecule has 0 aromatic carbocycles.